The van der Waals surface area contributed by atoms with Crippen LogP contribution in [0.5, 0.6) is 0 Å². The van der Waals surface area contributed by atoms with Crippen molar-refractivity contribution in [1.29, 1.82) is 0 Å². The van der Waals surface area contributed by atoms with Gasteiger partial charge in [-0.15, -0.1) is 0 Å². The second-order valence-corrected chi connectivity index (χ2v) is 18.0. The molecule has 0 radical (unpaired) electrons. The molecule has 0 aromatic carbocycles. The molecule has 1 amide bonds. The van der Waals surface area contributed by atoms with Crippen molar-refractivity contribution in [1.82, 2.24) is 15.2 Å². The van der Waals surface area contributed by atoms with Crippen LogP contribution in [0.4, 0.5) is 0 Å². The van der Waals surface area contributed by atoms with Crippen molar-refractivity contribution in [3.63, 3.8) is 0 Å². The summed E-state index contributed by atoms with van der Waals surface area (Å²) in [4.78, 5) is 42.7. The lowest BCUT2D eigenvalue weighted by molar-refractivity contribution is -0.150. The Bertz CT molecular complexity index is 1100. The second kappa shape index (κ2) is 38.5. The van der Waals surface area contributed by atoms with Gasteiger partial charge in [0.05, 0.1) is 17.8 Å². The van der Waals surface area contributed by atoms with Gasteiger partial charge in [0.1, 0.15) is 6.10 Å². The zero-order valence-electron chi connectivity index (χ0n) is 39.0. The highest BCUT2D eigenvalue weighted by Gasteiger charge is 2.16. The van der Waals surface area contributed by atoms with Crippen molar-refractivity contribution in [2.45, 2.75) is 246 Å². The average Bonchev–Trinajstić information content (AvgIpc) is 3.75. The van der Waals surface area contributed by atoms with Crippen LogP contribution >= 0.6 is 0 Å². The van der Waals surface area contributed by atoms with Crippen molar-refractivity contribution in [3.8, 4) is 0 Å². The first-order valence-electron chi connectivity index (χ1n) is 24.8. The average molecular weight is 832 g/mol. The Morgan fingerprint density at radius 1 is 0.627 bits per heavy atom. The van der Waals surface area contributed by atoms with E-state index in [1.807, 2.05) is 6.92 Å². The van der Waals surface area contributed by atoms with Crippen LogP contribution < -0.4 is 5.32 Å². The van der Waals surface area contributed by atoms with Crippen molar-refractivity contribution in [3.05, 3.63) is 24.0 Å². The molecular weight excluding hydrogens is 739 g/mol. The van der Waals surface area contributed by atoms with Gasteiger partial charge < -0.3 is 29.8 Å². The maximum Gasteiger partial charge on any atom is 0.306 e. The van der Waals surface area contributed by atoms with Gasteiger partial charge in [0.2, 0.25) is 0 Å². The summed E-state index contributed by atoms with van der Waals surface area (Å²) < 4.78 is 11.7. The maximum atomic E-state index is 12.9. The van der Waals surface area contributed by atoms with Gasteiger partial charge >= 0.3 is 11.9 Å². The molecule has 3 N–H and O–H groups in total. The summed E-state index contributed by atoms with van der Waals surface area (Å²) in [6.07, 6.45) is 34.7. The Balaban J connectivity index is 2.44. The summed E-state index contributed by atoms with van der Waals surface area (Å²) in [6.45, 7) is 14.0. The van der Waals surface area contributed by atoms with Gasteiger partial charge in [-0.25, -0.2) is 0 Å². The number of hydrogen-bond donors (Lipinski definition) is 3. The molecule has 0 fully saturated rings. The third-order valence-electron chi connectivity index (χ3n) is 11.6. The maximum absolute atomic E-state index is 12.9. The van der Waals surface area contributed by atoms with Gasteiger partial charge in [0.25, 0.3) is 5.91 Å². The highest BCUT2D eigenvalue weighted by molar-refractivity contribution is 5.93. The number of amides is 1. The molecule has 1 heterocycles. The number of nitrogens with zero attached hydrogens (tertiary/aromatic N) is 1. The normalized spacial score (nSPS) is 12.7. The van der Waals surface area contributed by atoms with Crippen LogP contribution in [0.15, 0.2) is 18.5 Å². The van der Waals surface area contributed by atoms with Crippen LogP contribution in [0.2, 0.25) is 0 Å². The van der Waals surface area contributed by atoms with Gasteiger partial charge in [0.15, 0.2) is 0 Å². The Labute approximate surface area is 362 Å². The van der Waals surface area contributed by atoms with Crippen LogP contribution in [0.1, 0.15) is 238 Å². The van der Waals surface area contributed by atoms with Gasteiger partial charge in [-0.1, -0.05) is 124 Å². The first kappa shape index (κ1) is 54.6. The molecule has 1 aromatic rings. The Hall–Kier alpha value is -2.39. The summed E-state index contributed by atoms with van der Waals surface area (Å²) in [5.74, 6) is 0.494. The number of H-pyrrole nitrogens is 1. The van der Waals surface area contributed by atoms with Crippen molar-refractivity contribution >= 4 is 17.8 Å². The number of ether oxygens (including phenoxy) is 2. The molecule has 9 nitrogen and oxygen atoms in total. The first-order chi connectivity index (χ1) is 28.6. The Kier molecular flexibility index (Phi) is 35.7. The van der Waals surface area contributed by atoms with Gasteiger partial charge in [0, 0.05) is 38.3 Å². The van der Waals surface area contributed by atoms with Crippen LogP contribution in [-0.4, -0.2) is 77.3 Å². The fourth-order valence-electron chi connectivity index (χ4n) is 7.84. The standard InChI is InChI=1S/C50H93N3O6/c1-6-8-10-12-15-20-32-47(33-21-16-13-11-9-7-2)59-49(56)35-22-17-14-18-26-39-53(40-27-19-23-34-48(55)58-44(5)30-28-29-43(3)4)42-46(54)31-24-25-37-52-50(57)45-36-38-51-41-45/h36,38,41,43-44,46-47,51,54H,6-35,37,39-40,42H2,1-5H3,(H,52,57). The van der Waals surface area contributed by atoms with Gasteiger partial charge in [-0.05, 0) is 115 Å². The van der Waals surface area contributed by atoms with Crippen LogP contribution in [0.25, 0.3) is 0 Å². The van der Waals surface area contributed by atoms with Crippen molar-refractivity contribution in [2.75, 3.05) is 26.2 Å². The molecule has 2 unspecified atom stereocenters. The zero-order valence-corrected chi connectivity index (χ0v) is 39.0. The Morgan fingerprint density at radius 3 is 1.73 bits per heavy atom. The fraction of sp³-hybridized carbons (Fsp3) is 0.860. The molecule has 2 atom stereocenters. The number of aliphatic hydroxyl groups is 1. The zero-order chi connectivity index (χ0) is 43.2. The summed E-state index contributed by atoms with van der Waals surface area (Å²) in [7, 11) is 0. The summed E-state index contributed by atoms with van der Waals surface area (Å²) in [6, 6.07) is 1.76. The fourth-order valence-corrected chi connectivity index (χ4v) is 7.84. The van der Waals surface area contributed by atoms with E-state index in [1.54, 1.807) is 18.5 Å². The van der Waals surface area contributed by atoms with E-state index >= 15 is 0 Å². The van der Waals surface area contributed by atoms with Crippen LogP contribution in [0.3, 0.4) is 0 Å². The minimum Gasteiger partial charge on any atom is -0.463 e. The van der Waals surface area contributed by atoms with E-state index in [9.17, 15) is 19.5 Å². The lowest BCUT2D eigenvalue weighted by Crippen LogP contribution is -2.34. The molecule has 0 aliphatic rings. The summed E-state index contributed by atoms with van der Waals surface area (Å²) >= 11 is 0. The monoisotopic (exact) mass is 832 g/mol. The van der Waals surface area contributed by atoms with E-state index in [1.165, 1.54) is 64.2 Å². The highest BCUT2D eigenvalue weighted by Crippen LogP contribution is 2.19. The molecule has 59 heavy (non-hydrogen) atoms. The van der Waals surface area contributed by atoms with Crippen LogP contribution in [-0.2, 0) is 19.1 Å². The van der Waals surface area contributed by atoms with Gasteiger partial charge in [-0.3, -0.25) is 14.4 Å². The number of hydrogen-bond acceptors (Lipinski definition) is 7. The smallest absolute Gasteiger partial charge is 0.306 e. The minimum atomic E-state index is -0.417. The second-order valence-electron chi connectivity index (χ2n) is 18.0. The predicted molar refractivity (Wildman–Crippen MR) is 246 cm³/mol. The van der Waals surface area contributed by atoms with E-state index < -0.39 is 6.10 Å². The molecule has 0 saturated heterocycles. The molecule has 344 valence electrons. The molecule has 0 aliphatic carbocycles. The number of nitrogens with one attached hydrogen (secondary N) is 2. The van der Waals surface area contributed by atoms with Crippen LogP contribution in [0, 0.1) is 5.92 Å². The van der Waals surface area contributed by atoms with Gasteiger partial charge in [-0.2, -0.15) is 0 Å². The van der Waals surface area contributed by atoms with E-state index in [2.05, 4.69) is 42.9 Å². The van der Waals surface area contributed by atoms with E-state index in [0.717, 1.165) is 122 Å². The molecule has 0 bridgehead atoms. The number of carbonyl (C=O) groups excluding carboxylic acids is 3. The predicted octanol–water partition coefficient (Wildman–Crippen LogP) is 12.6. The van der Waals surface area contributed by atoms with Crippen molar-refractivity contribution < 1.29 is 29.0 Å². The Morgan fingerprint density at radius 2 is 1.15 bits per heavy atom. The van der Waals surface area contributed by atoms with E-state index in [-0.39, 0.29) is 30.1 Å². The number of aromatic nitrogens is 1. The number of aromatic amines is 1. The molecule has 0 spiro atoms. The van der Waals surface area contributed by atoms with Crippen molar-refractivity contribution in [2.24, 2.45) is 5.92 Å². The number of carbonyl (C=O) groups is 3. The van der Waals surface area contributed by atoms with E-state index in [4.69, 9.17) is 9.47 Å². The number of unbranched alkanes of at least 4 members (excludes halogenated alkanes) is 17. The number of rotatable bonds is 42. The first-order valence-corrected chi connectivity index (χ1v) is 24.8. The largest absolute Gasteiger partial charge is 0.463 e. The van der Waals surface area contributed by atoms with E-state index in [0.29, 0.717) is 43.8 Å². The topological polar surface area (TPSA) is 121 Å². The molecular formula is C50H93N3O6. The lowest BCUT2D eigenvalue weighted by atomic mass is 10.0. The minimum absolute atomic E-state index is 0.0143. The summed E-state index contributed by atoms with van der Waals surface area (Å²) in [5.41, 5.74) is 0.632. The quantitative estimate of drug-likeness (QED) is 0.0443. The lowest BCUT2D eigenvalue weighted by Gasteiger charge is -2.25. The number of esters is 2. The molecule has 1 rings (SSSR count). The molecule has 0 saturated carbocycles. The molecule has 1 aromatic heterocycles. The third-order valence-corrected chi connectivity index (χ3v) is 11.6. The highest BCUT2D eigenvalue weighted by atomic mass is 16.5. The molecule has 9 heteroatoms. The number of aliphatic hydroxyl groups excluding tert-OH is 1. The third kappa shape index (κ3) is 34.0. The summed E-state index contributed by atoms with van der Waals surface area (Å²) in [5, 5.41) is 13.9. The SMILES string of the molecule is CCCCCCCCC(CCCCCCCC)OC(=O)CCCCCCCN(CCCCCC(=O)OC(C)CCCC(C)C)CC(O)CCCCNC(=O)c1cc[nH]c1. The molecule has 0 aliphatic heterocycles.